The number of aryl methyl sites for hydroxylation is 2. The van der Waals surface area contributed by atoms with Gasteiger partial charge in [-0.05, 0) is 49.8 Å². The fraction of sp³-hybridized carbons (Fsp3) is 0.600. The van der Waals surface area contributed by atoms with Gasteiger partial charge in [0.05, 0.1) is 6.10 Å². The Morgan fingerprint density at radius 2 is 1.94 bits per heavy atom. The van der Waals surface area contributed by atoms with Gasteiger partial charge in [0.1, 0.15) is 0 Å². The first-order valence-electron chi connectivity index (χ1n) is 6.55. The van der Waals surface area contributed by atoms with Crippen LogP contribution >= 0.6 is 0 Å². The van der Waals surface area contributed by atoms with Crippen LogP contribution in [0, 0.1) is 13.8 Å². The van der Waals surface area contributed by atoms with E-state index >= 15 is 0 Å². The monoisotopic (exact) mass is 235 g/mol. The molecule has 0 aliphatic carbocycles. The molecule has 96 valence electrons. The van der Waals surface area contributed by atoms with Crippen molar-refractivity contribution in [3.05, 3.63) is 34.9 Å². The fourth-order valence-electron chi connectivity index (χ4n) is 2.13. The number of nitrogens with two attached hydrogens (primary N) is 1. The molecule has 17 heavy (non-hydrogen) atoms. The Balaban J connectivity index is 2.52. The molecule has 0 spiro atoms. The van der Waals surface area contributed by atoms with E-state index in [1.165, 1.54) is 16.7 Å². The highest BCUT2D eigenvalue weighted by molar-refractivity contribution is 5.33. The van der Waals surface area contributed by atoms with Crippen LogP contribution in [0.1, 0.15) is 42.9 Å². The predicted molar refractivity (Wildman–Crippen MR) is 73.1 cm³/mol. The lowest BCUT2D eigenvalue weighted by Gasteiger charge is -2.18. The molecule has 0 aliphatic heterocycles. The van der Waals surface area contributed by atoms with E-state index in [1.807, 2.05) is 0 Å². The standard InChI is InChI=1S/C15H25NO/c1-4-6-14(16)15(17)10-9-13-8-5-7-11(2)12(13)3/h5,7-8,14-15,17H,4,6,9-10,16H2,1-3H3. The normalized spacial score (nSPS) is 14.6. The molecule has 1 aromatic rings. The van der Waals surface area contributed by atoms with Gasteiger partial charge in [-0.2, -0.15) is 0 Å². The number of aliphatic hydroxyl groups excluding tert-OH is 1. The minimum atomic E-state index is -0.380. The summed E-state index contributed by atoms with van der Waals surface area (Å²) >= 11 is 0. The molecule has 0 fully saturated rings. The molecule has 0 aromatic heterocycles. The predicted octanol–water partition coefficient (Wildman–Crippen LogP) is 2.72. The molecule has 2 nitrogen and oxygen atoms in total. The van der Waals surface area contributed by atoms with Gasteiger partial charge in [0.2, 0.25) is 0 Å². The molecule has 2 atom stereocenters. The Labute approximate surface area is 105 Å². The minimum Gasteiger partial charge on any atom is -0.392 e. The maximum Gasteiger partial charge on any atom is 0.0694 e. The molecule has 3 N–H and O–H groups in total. The van der Waals surface area contributed by atoms with E-state index < -0.39 is 0 Å². The second kappa shape index (κ2) is 6.77. The number of hydrogen-bond acceptors (Lipinski definition) is 2. The van der Waals surface area contributed by atoms with Crippen molar-refractivity contribution in [2.24, 2.45) is 5.73 Å². The zero-order valence-electron chi connectivity index (χ0n) is 11.2. The Morgan fingerprint density at radius 1 is 1.24 bits per heavy atom. The van der Waals surface area contributed by atoms with Crippen molar-refractivity contribution in [1.82, 2.24) is 0 Å². The Kier molecular flexibility index (Phi) is 5.66. The van der Waals surface area contributed by atoms with Crippen LogP contribution in [0.3, 0.4) is 0 Å². The topological polar surface area (TPSA) is 46.2 Å². The maximum absolute atomic E-state index is 9.95. The van der Waals surface area contributed by atoms with E-state index in [0.29, 0.717) is 0 Å². The summed E-state index contributed by atoms with van der Waals surface area (Å²) in [5, 5.41) is 9.95. The highest BCUT2D eigenvalue weighted by Crippen LogP contribution is 2.16. The lowest BCUT2D eigenvalue weighted by atomic mass is 9.95. The number of aliphatic hydroxyl groups is 1. The quantitative estimate of drug-likeness (QED) is 0.796. The fourth-order valence-corrected chi connectivity index (χ4v) is 2.13. The molecule has 0 aliphatic rings. The Hall–Kier alpha value is -0.860. The average Bonchev–Trinajstić information content (AvgIpc) is 2.31. The van der Waals surface area contributed by atoms with E-state index in [1.54, 1.807) is 0 Å². The number of rotatable bonds is 6. The molecule has 1 aromatic carbocycles. The van der Waals surface area contributed by atoms with Crippen molar-refractivity contribution in [1.29, 1.82) is 0 Å². The number of hydrogen-bond donors (Lipinski definition) is 2. The van der Waals surface area contributed by atoms with Crippen molar-refractivity contribution < 1.29 is 5.11 Å². The average molecular weight is 235 g/mol. The van der Waals surface area contributed by atoms with E-state index in [0.717, 1.165) is 25.7 Å². The Bertz CT molecular complexity index is 349. The number of benzene rings is 1. The van der Waals surface area contributed by atoms with Gasteiger partial charge in [0.25, 0.3) is 0 Å². The minimum absolute atomic E-state index is 0.0786. The molecule has 0 bridgehead atoms. The highest BCUT2D eigenvalue weighted by atomic mass is 16.3. The smallest absolute Gasteiger partial charge is 0.0694 e. The summed E-state index contributed by atoms with van der Waals surface area (Å²) in [5.74, 6) is 0. The van der Waals surface area contributed by atoms with Crippen molar-refractivity contribution in [2.45, 2.75) is 58.6 Å². The maximum atomic E-state index is 9.95. The zero-order valence-corrected chi connectivity index (χ0v) is 11.2. The molecule has 0 saturated heterocycles. The van der Waals surface area contributed by atoms with Gasteiger partial charge in [-0.1, -0.05) is 31.5 Å². The first-order chi connectivity index (χ1) is 8.06. The third kappa shape index (κ3) is 4.14. The summed E-state index contributed by atoms with van der Waals surface area (Å²) in [5.41, 5.74) is 9.89. The second-order valence-electron chi connectivity index (χ2n) is 4.92. The summed E-state index contributed by atoms with van der Waals surface area (Å²) < 4.78 is 0. The van der Waals surface area contributed by atoms with E-state index in [9.17, 15) is 5.11 Å². The summed E-state index contributed by atoms with van der Waals surface area (Å²) in [4.78, 5) is 0. The molecule has 2 unspecified atom stereocenters. The summed E-state index contributed by atoms with van der Waals surface area (Å²) in [6, 6.07) is 6.26. The molecule has 0 saturated carbocycles. The van der Waals surface area contributed by atoms with Crippen LogP contribution in [0.5, 0.6) is 0 Å². The Morgan fingerprint density at radius 3 is 2.59 bits per heavy atom. The van der Waals surface area contributed by atoms with Gasteiger partial charge in [0, 0.05) is 6.04 Å². The van der Waals surface area contributed by atoms with Gasteiger partial charge < -0.3 is 10.8 Å². The first-order valence-corrected chi connectivity index (χ1v) is 6.55. The van der Waals surface area contributed by atoms with Crippen LogP contribution in [-0.2, 0) is 6.42 Å². The van der Waals surface area contributed by atoms with Crippen LogP contribution in [0.25, 0.3) is 0 Å². The molecule has 0 heterocycles. The second-order valence-corrected chi connectivity index (χ2v) is 4.92. The molecule has 1 rings (SSSR count). The lowest BCUT2D eigenvalue weighted by molar-refractivity contribution is 0.131. The van der Waals surface area contributed by atoms with Gasteiger partial charge in [0.15, 0.2) is 0 Å². The van der Waals surface area contributed by atoms with Crippen LogP contribution in [-0.4, -0.2) is 17.3 Å². The SMILES string of the molecule is CCCC(N)C(O)CCc1cccc(C)c1C. The van der Waals surface area contributed by atoms with Crippen molar-refractivity contribution >= 4 is 0 Å². The molecule has 0 amide bonds. The molecule has 0 radical (unpaired) electrons. The van der Waals surface area contributed by atoms with Crippen molar-refractivity contribution in [3.8, 4) is 0 Å². The van der Waals surface area contributed by atoms with Gasteiger partial charge in [-0.3, -0.25) is 0 Å². The third-order valence-electron chi connectivity index (χ3n) is 3.54. The first kappa shape index (κ1) is 14.2. The summed E-state index contributed by atoms with van der Waals surface area (Å²) in [6.07, 6.45) is 3.21. The van der Waals surface area contributed by atoms with Crippen LogP contribution < -0.4 is 5.73 Å². The van der Waals surface area contributed by atoms with E-state index in [2.05, 4.69) is 39.0 Å². The van der Waals surface area contributed by atoms with Gasteiger partial charge in [-0.25, -0.2) is 0 Å². The lowest BCUT2D eigenvalue weighted by Crippen LogP contribution is -2.34. The van der Waals surface area contributed by atoms with Gasteiger partial charge in [-0.15, -0.1) is 0 Å². The van der Waals surface area contributed by atoms with E-state index in [4.69, 9.17) is 5.73 Å². The summed E-state index contributed by atoms with van der Waals surface area (Å²) in [7, 11) is 0. The summed E-state index contributed by atoms with van der Waals surface area (Å²) in [6.45, 7) is 6.36. The molecule has 2 heteroatoms. The van der Waals surface area contributed by atoms with Gasteiger partial charge >= 0.3 is 0 Å². The van der Waals surface area contributed by atoms with Crippen molar-refractivity contribution in [3.63, 3.8) is 0 Å². The van der Waals surface area contributed by atoms with Crippen LogP contribution in [0.4, 0.5) is 0 Å². The molecular weight excluding hydrogens is 210 g/mol. The largest absolute Gasteiger partial charge is 0.392 e. The third-order valence-corrected chi connectivity index (χ3v) is 3.54. The van der Waals surface area contributed by atoms with Crippen LogP contribution in [0.2, 0.25) is 0 Å². The zero-order chi connectivity index (χ0) is 12.8. The van der Waals surface area contributed by atoms with Crippen LogP contribution in [0.15, 0.2) is 18.2 Å². The van der Waals surface area contributed by atoms with Crippen molar-refractivity contribution in [2.75, 3.05) is 0 Å². The highest BCUT2D eigenvalue weighted by Gasteiger charge is 2.14. The van der Waals surface area contributed by atoms with E-state index in [-0.39, 0.29) is 12.1 Å². The molecular formula is C15H25NO.